The summed E-state index contributed by atoms with van der Waals surface area (Å²) < 4.78 is 10.6. The van der Waals surface area contributed by atoms with Crippen LogP contribution in [0.25, 0.3) is 0 Å². The van der Waals surface area contributed by atoms with E-state index in [1.807, 2.05) is 0 Å². The molecule has 0 aliphatic carbocycles. The fourth-order valence-corrected chi connectivity index (χ4v) is 2.62. The minimum absolute atomic E-state index is 0.121. The molecule has 116 valence electrons. The Morgan fingerprint density at radius 2 is 2.10 bits per heavy atom. The summed E-state index contributed by atoms with van der Waals surface area (Å²) in [7, 11) is 0. The second kappa shape index (κ2) is 7.31. The van der Waals surface area contributed by atoms with Gasteiger partial charge in [-0.2, -0.15) is 0 Å². The summed E-state index contributed by atoms with van der Waals surface area (Å²) in [5, 5.41) is 13.2. The van der Waals surface area contributed by atoms with Crippen LogP contribution in [-0.4, -0.2) is 43.0 Å². The highest BCUT2D eigenvalue weighted by atomic mass is 35.5. The second-order valence-electron chi connectivity index (χ2n) is 4.96. The smallest absolute Gasteiger partial charge is 0.258 e. The van der Waals surface area contributed by atoms with E-state index >= 15 is 0 Å². The Hall–Kier alpha value is -1.01. The molecule has 7 heteroatoms. The van der Waals surface area contributed by atoms with Gasteiger partial charge in [-0.3, -0.25) is 4.79 Å². The van der Waals surface area contributed by atoms with E-state index in [9.17, 15) is 9.90 Å². The van der Waals surface area contributed by atoms with Gasteiger partial charge in [0.25, 0.3) is 5.91 Å². The van der Waals surface area contributed by atoms with E-state index < -0.39 is 5.54 Å². The van der Waals surface area contributed by atoms with Gasteiger partial charge in [-0.05, 0) is 31.0 Å². The summed E-state index contributed by atoms with van der Waals surface area (Å²) >= 11 is 11.7. The van der Waals surface area contributed by atoms with Crippen LogP contribution >= 0.6 is 23.2 Å². The lowest BCUT2D eigenvalue weighted by atomic mass is 9.91. The predicted octanol–water partition coefficient (Wildman–Crippen LogP) is 2.03. The highest BCUT2D eigenvalue weighted by Gasteiger charge is 2.33. The first-order valence-corrected chi connectivity index (χ1v) is 7.38. The van der Waals surface area contributed by atoms with Crippen molar-refractivity contribution in [2.24, 2.45) is 0 Å². The summed E-state index contributed by atoms with van der Waals surface area (Å²) in [5.74, 6) is 0.0817. The lowest BCUT2D eigenvalue weighted by Crippen LogP contribution is -2.55. The number of carbonyl (C=O) groups excluding carboxylic acids is 1. The van der Waals surface area contributed by atoms with Gasteiger partial charge in [0.05, 0.1) is 17.2 Å². The normalized spacial score (nSPS) is 17.3. The van der Waals surface area contributed by atoms with Crippen LogP contribution in [0.3, 0.4) is 0 Å². The highest BCUT2D eigenvalue weighted by Crippen LogP contribution is 2.27. The Balaban J connectivity index is 1.89. The van der Waals surface area contributed by atoms with Crippen molar-refractivity contribution in [3.05, 3.63) is 28.2 Å². The van der Waals surface area contributed by atoms with Gasteiger partial charge in [0.1, 0.15) is 5.75 Å². The molecule has 2 rings (SSSR count). The third-order valence-electron chi connectivity index (χ3n) is 3.41. The zero-order valence-corrected chi connectivity index (χ0v) is 12.9. The summed E-state index contributed by atoms with van der Waals surface area (Å²) in [6.07, 6.45) is 1.16. The molecule has 0 bridgehead atoms. The van der Waals surface area contributed by atoms with E-state index in [-0.39, 0.29) is 19.1 Å². The Labute approximate surface area is 133 Å². The van der Waals surface area contributed by atoms with E-state index in [1.54, 1.807) is 18.2 Å². The number of rotatable bonds is 5. The maximum atomic E-state index is 12.0. The molecule has 1 amide bonds. The van der Waals surface area contributed by atoms with E-state index in [4.69, 9.17) is 32.7 Å². The number of hydrogen-bond donors (Lipinski definition) is 2. The van der Waals surface area contributed by atoms with Gasteiger partial charge in [-0.15, -0.1) is 0 Å². The first-order valence-electron chi connectivity index (χ1n) is 6.62. The number of hydrogen-bond acceptors (Lipinski definition) is 4. The van der Waals surface area contributed by atoms with Crippen LogP contribution in [0.4, 0.5) is 0 Å². The van der Waals surface area contributed by atoms with Gasteiger partial charge in [0.2, 0.25) is 0 Å². The summed E-state index contributed by atoms with van der Waals surface area (Å²) in [4.78, 5) is 12.0. The molecular formula is C14H17Cl2NO4. The van der Waals surface area contributed by atoms with Crippen LogP contribution in [0.1, 0.15) is 12.8 Å². The fourth-order valence-electron chi connectivity index (χ4n) is 2.15. The number of nitrogens with one attached hydrogen (secondary N) is 1. The monoisotopic (exact) mass is 333 g/mol. The third-order valence-corrected chi connectivity index (χ3v) is 3.94. The summed E-state index contributed by atoms with van der Waals surface area (Å²) in [6.45, 7) is 0.739. The van der Waals surface area contributed by atoms with Crippen molar-refractivity contribution >= 4 is 29.1 Å². The molecule has 1 fully saturated rings. The minimum atomic E-state index is -0.623. The van der Waals surface area contributed by atoms with Gasteiger partial charge in [-0.1, -0.05) is 23.2 Å². The van der Waals surface area contributed by atoms with Crippen LogP contribution in [0.15, 0.2) is 18.2 Å². The molecule has 21 heavy (non-hydrogen) atoms. The third kappa shape index (κ3) is 4.48. The number of ether oxygens (including phenoxy) is 2. The molecule has 0 saturated carbocycles. The first kappa shape index (κ1) is 16.4. The standard InChI is InChI=1S/C14H17Cl2NO4/c15-10-1-2-12(11(16)7-10)21-8-13(19)17-14(9-18)3-5-20-6-4-14/h1-2,7,18H,3-6,8-9H2,(H,17,19). The lowest BCUT2D eigenvalue weighted by Gasteiger charge is -2.36. The van der Waals surface area contributed by atoms with Crippen molar-refractivity contribution in [1.29, 1.82) is 0 Å². The summed E-state index contributed by atoms with van der Waals surface area (Å²) in [6, 6.07) is 4.78. The van der Waals surface area contributed by atoms with E-state index in [0.29, 0.717) is 41.9 Å². The number of halogens is 2. The molecule has 0 aromatic heterocycles. The van der Waals surface area contributed by atoms with Crippen molar-refractivity contribution in [1.82, 2.24) is 5.32 Å². The number of aliphatic hydroxyl groups excluding tert-OH is 1. The van der Waals surface area contributed by atoms with Gasteiger partial charge in [-0.25, -0.2) is 0 Å². The molecule has 0 spiro atoms. The highest BCUT2D eigenvalue weighted by molar-refractivity contribution is 6.35. The van der Waals surface area contributed by atoms with Crippen molar-refractivity contribution in [2.75, 3.05) is 26.4 Å². The number of amides is 1. The largest absolute Gasteiger partial charge is 0.482 e. The second-order valence-corrected chi connectivity index (χ2v) is 5.81. The van der Waals surface area contributed by atoms with E-state index in [0.717, 1.165) is 0 Å². The van der Waals surface area contributed by atoms with E-state index in [1.165, 1.54) is 0 Å². The predicted molar refractivity (Wildman–Crippen MR) is 80.0 cm³/mol. The average Bonchev–Trinajstić information content (AvgIpc) is 2.47. The Morgan fingerprint density at radius 1 is 1.38 bits per heavy atom. The summed E-state index contributed by atoms with van der Waals surface area (Å²) in [5.41, 5.74) is -0.623. The van der Waals surface area contributed by atoms with Crippen LogP contribution in [0.2, 0.25) is 10.0 Å². The molecule has 1 heterocycles. The van der Waals surface area contributed by atoms with Crippen molar-refractivity contribution < 1.29 is 19.4 Å². The van der Waals surface area contributed by atoms with Crippen LogP contribution in [-0.2, 0) is 9.53 Å². The molecular weight excluding hydrogens is 317 g/mol. The molecule has 1 saturated heterocycles. The van der Waals surface area contributed by atoms with Crippen LogP contribution in [0.5, 0.6) is 5.75 Å². The minimum Gasteiger partial charge on any atom is -0.482 e. The zero-order valence-electron chi connectivity index (χ0n) is 11.4. The molecule has 1 aromatic rings. The molecule has 1 aromatic carbocycles. The van der Waals surface area contributed by atoms with Gasteiger partial charge >= 0.3 is 0 Å². The van der Waals surface area contributed by atoms with Gasteiger partial charge < -0.3 is 19.9 Å². The fraction of sp³-hybridized carbons (Fsp3) is 0.500. The van der Waals surface area contributed by atoms with Crippen molar-refractivity contribution in [3.63, 3.8) is 0 Å². The van der Waals surface area contributed by atoms with Crippen LogP contribution < -0.4 is 10.1 Å². The molecule has 2 N–H and O–H groups in total. The topological polar surface area (TPSA) is 67.8 Å². The quantitative estimate of drug-likeness (QED) is 0.865. The van der Waals surface area contributed by atoms with Gasteiger partial charge in [0.15, 0.2) is 6.61 Å². The zero-order chi connectivity index (χ0) is 15.3. The lowest BCUT2D eigenvalue weighted by molar-refractivity contribution is -0.127. The SMILES string of the molecule is O=C(COc1ccc(Cl)cc1Cl)NC1(CO)CCOCC1. The molecule has 0 atom stereocenters. The number of carbonyl (C=O) groups is 1. The molecule has 0 unspecified atom stereocenters. The maximum absolute atomic E-state index is 12.0. The first-order chi connectivity index (χ1) is 10.0. The molecule has 1 aliphatic rings. The molecule has 5 nitrogen and oxygen atoms in total. The Kier molecular flexibility index (Phi) is 5.70. The Morgan fingerprint density at radius 3 is 2.71 bits per heavy atom. The Bertz CT molecular complexity index is 504. The maximum Gasteiger partial charge on any atom is 0.258 e. The number of benzene rings is 1. The van der Waals surface area contributed by atoms with Crippen molar-refractivity contribution in [3.8, 4) is 5.75 Å². The molecule has 1 aliphatic heterocycles. The molecule has 0 radical (unpaired) electrons. The van der Waals surface area contributed by atoms with Crippen molar-refractivity contribution in [2.45, 2.75) is 18.4 Å². The van der Waals surface area contributed by atoms with Gasteiger partial charge in [0, 0.05) is 18.2 Å². The number of aliphatic hydroxyl groups is 1. The van der Waals surface area contributed by atoms with E-state index in [2.05, 4.69) is 5.32 Å². The average molecular weight is 334 g/mol. The van der Waals surface area contributed by atoms with Crippen LogP contribution in [0, 0.1) is 0 Å².